The highest BCUT2D eigenvalue weighted by Crippen LogP contribution is 2.25. The number of hydrogen-bond donors (Lipinski definition) is 0. The number of carbonyl (C=O) groups is 1. The minimum absolute atomic E-state index is 0.0215. The largest absolute Gasteiger partial charge is 0.289 e. The van der Waals surface area contributed by atoms with Gasteiger partial charge in [0.05, 0.1) is 11.1 Å². The van der Waals surface area contributed by atoms with Crippen LogP contribution in [0.25, 0.3) is 10.9 Å². The second-order valence-electron chi connectivity index (χ2n) is 4.43. The highest BCUT2D eigenvalue weighted by atomic mass is 32.2. The molecule has 0 saturated carbocycles. The van der Waals surface area contributed by atoms with Gasteiger partial charge in [-0.15, -0.1) is 11.8 Å². The average molecular weight is 279 g/mol. The maximum atomic E-state index is 12.6. The molecule has 0 aliphatic heterocycles. The van der Waals surface area contributed by atoms with Gasteiger partial charge in [-0.3, -0.25) is 4.79 Å². The van der Waals surface area contributed by atoms with Crippen LogP contribution in [0, 0.1) is 0 Å². The Hall–Kier alpha value is -2.13. The number of para-hydroxylation sites is 1. The Balaban J connectivity index is 2.17. The van der Waals surface area contributed by atoms with E-state index in [4.69, 9.17) is 0 Å². The van der Waals surface area contributed by atoms with Gasteiger partial charge in [-0.1, -0.05) is 48.5 Å². The van der Waals surface area contributed by atoms with Crippen LogP contribution in [0.15, 0.2) is 65.7 Å². The summed E-state index contributed by atoms with van der Waals surface area (Å²) in [4.78, 5) is 17.2. The number of aromatic nitrogens is 1. The van der Waals surface area contributed by atoms with Gasteiger partial charge in [0.2, 0.25) is 0 Å². The van der Waals surface area contributed by atoms with Crippen molar-refractivity contribution < 1.29 is 4.79 Å². The summed E-state index contributed by atoms with van der Waals surface area (Å²) in [6.45, 7) is 0. The Morgan fingerprint density at radius 1 is 1.00 bits per heavy atom. The van der Waals surface area contributed by atoms with Crippen molar-refractivity contribution in [1.82, 2.24) is 4.98 Å². The Kier molecular flexibility index (Phi) is 3.52. The zero-order valence-electron chi connectivity index (χ0n) is 11.0. The highest BCUT2D eigenvalue weighted by molar-refractivity contribution is 7.98. The van der Waals surface area contributed by atoms with Crippen molar-refractivity contribution in [3.63, 3.8) is 0 Å². The van der Waals surface area contributed by atoms with Gasteiger partial charge in [0, 0.05) is 10.9 Å². The first kappa shape index (κ1) is 12.9. The Labute approximate surface area is 121 Å². The number of thioether (sulfide) groups is 1. The molecule has 2 nitrogen and oxygen atoms in total. The number of hydrogen-bond acceptors (Lipinski definition) is 3. The molecule has 3 rings (SSSR count). The third-order valence-corrected chi connectivity index (χ3v) is 3.86. The quantitative estimate of drug-likeness (QED) is 0.532. The summed E-state index contributed by atoms with van der Waals surface area (Å²) in [5, 5.41) is 1.77. The molecule has 1 heterocycles. The van der Waals surface area contributed by atoms with E-state index in [1.165, 1.54) is 11.8 Å². The molecule has 0 amide bonds. The van der Waals surface area contributed by atoms with E-state index >= 15 is 0 Å². The van der Waals surface area contributed by atoms with Crippen LogP contribution in [-0.4, -0.2) is 17.0 Å². The lowest BCUT2D eigenvalue weighted by molar-refractivity contribution is 0.103. The summed E-state index contributed by atoms with van der Waals surface area (Å²) in [6, 6.07) is 19.1. The lowest BCUT2D eigenvalue weighted by Gasteiger charge is -2.08. The fourth-order valence-corrected chi connectivity index (χ4v) is 2.72. The van der Waals surface area contributed by atoms with Gasteiger partial charge in [-0.25, -0.2) is 4.98 Å². The van der Waals surface area contributed by atoms with E-state index in [1.54, 1.807) is 0 Å². The molecule has 0 N–H and O–H groups in total. The molecule has 3 heteroatoms. The molecule has 0 spiro atoms. The minimum Gasteiger partial charge on any atom is -0.289 e. The predicted octanol–water partition coefficient (Wildman–Crippen LogP) is 4.19. The Morgan fingerprint density at radius 3 is 2.45 bits per heavy atom. The van der Waals surface area contributed by atoms with Crippen LogP contribution >= 0.6 is 11.8 Å². The van der Waals surface area contributed by atoms with Gasteiger partial charge < -0.3 is 0 Å². The highest BCUT2D eigenvalue weighted by Gasteiger charge is 2.15. The van der Waals surface area contributed by atoms with Crippen molar-refractivity contribution in [2.45, 2.75) is 5.03 Å². The Bertz CT molecular complexity index is 768. The van der Waals surface area contributed by atoms with E-state index in [-0.39, 0.29) is 5.78 Å². The summed E-state index contributed by atoms with van der Waals surface area (Å²) in [7, 11) is 0. The summed E-state index contributed by atoms with van der Waals surface area (Å²) < 4.78 is 0. The molecular formula is C17H13NOS. The lowest BCUT2D eigenvalue weighted by atomic mass is 10.0. The van der Waals surface area contributed by atoms with Crippen molar-refractivity contribution in [1.29, 1.82) is 0 Å². The first-order valence-corrected chi connectivity index (χ1v) is 7.55. The average Bonchev–Trinajstić information content (AvgIpc) is 2.53. The zero-order valence-corrected chi connectivity index (χ0v) is 11.9. The molecule has 0 atom stereocenters. The SMILES string of the molecule is CSc1nc2ccccc2cc1C(=O)c1ccccc1. The van der Waals surface area contributed by atoms with Crippen molar-refractivity contribution in [2.75, 3.05) is 6.26 Å². The number of benzene rings is 2. The number of carbonyl (C=O) groups excluding carboxylic acids is 1. The number of fused-ring (bicyclic) bond motifs is 1. The fourth-order valence-electron chi connectivity index (χ4n) is 2.16. The van der Waals surface area contributed by atoms with E-state index in [1.807, 2.05) is 66.9 Å². The standard InChI is InChI=1S/C17H13NOS/c1-20-17-14(16(19)12-7-3-2-4-8-12)11-13-9-5-6-10-15(13)18-17/h2-11H,1H3. The van der Waals surface area contributed by atoms with E-state index in [9.17, 15) is 4.79 Å². The molecule has 0 bridgehead atoms. The number of rotatable bonds is 3. The monoisotopic (exact) mass is 279 g/mol. The smallest absolute Gasteiger partial charge is 0.195 e. The topological polar surface area (TPSA) is 30.0 Å². The molecule has 0 aliphatic carbocycles. The van der Waals surface area contributed by atoms with Crippen LogP contribution in [0.4, 0.5) is 0 Å². The third kappa shape index (κ3) is 2.32. The van der Waals surface area contributed by atoms with Crippen molar-refractivity contribution in [3.8, 4) is 0 Å². The molecule has 20 heavy (non-hydrogen) atoms. The van der Waals surface area contributed by atoms with Gasteiger partial charge in [0.15, 0.2) is 5.78 Å². The molecule has 0 unspecified atom stereocenters. The van der Waals surface area contributed by atoms with Crippen LogP contribution in [0.1, 0.15) is 15.9 Å². The normalized spacial score (nSPS) is 10.7. The molecule has 0 fully saturated rings. The zero-order chi connectivity index (χ0) is 13.9. The molecule has 0 radical (unpaired) electrons. The van der Waals surface area contributed by atoms with Gasteiger partial charge in [-0.05, 0) is 18.4 Å². The molecular weight excluding hydrogens is 266 g/mol. The van der Waals surface area contributed by atoms with Crippen LogP contribution in [0.2, 0.25) is 0 Å². The lowest BCUT2D eigenvalue weighted by Crippen LogP contribution is -2.04. The summed E-state index contributed by atoms with van der Waals surface area (Å²) in [5.41, 5.74) is 2.28. The third-order valence-electron chi connectivity index (χ3n) is 3.16. The minimum atomic E-state index is 0.0215. The fraction of sp³-hybridized carbons (Fsp3) is 0.0588. The van der Waals surface area contributed by atoms with Gasteiger partial charge in [0.25, 0.3) is 0 Å². The van der Waals surface area contributed by atoms with Gasteiger partial charge in [-0.2, -0.15) is 0 Å². The predicted molar refractivity (Wildman–Crippen MR) is 83.4 cm³/mol. The Morgan fingerprint density at radius 2 is 1.70 bits per heavy atom. The first-order valence-electron chi connectivity index (χ1n) is 6.33. The molecule has 98 valence electrons. The van der Waals surface area contributed by atoms with E-state index < -0.39 is 0 Å². The van der Waals surface area contributed by atoms with E-state index in [0.717, 1.165) is 15.9 Å². The summed E-state index contributed by atoms with van der Waals surface area (Å²) in [6.07, 6.45) is 1.94. The molecule has 3 aromatic rings. The summed E-state index contributed by atoms with van der Waals surface area (Å²) in [5.74, 6) is 0.0215. The molecule has 1 aromatic heterocycles. The molecule has 2 aromatic carbocycles. The second kappa shape index (κ2) is 5.47. The summed E-state index contributed by atoms with van der Waals surface area (Å²) >= 11 is 1.50. The maximum Gasteiger partial charge on any atom is 0.195 e. The van der Waals surface area contributed by atoms with Crippen LogP contribution < -0.4 is 0 Å². The van der Waals surface area contributed by atoms with Gasteiger partial charge >= 0.3 is 0 Å². The van der Waals surface area contributed by atoms with E-state index in [0.29, 0.717) is 11.1 Å². The van der Waals surface area contributed by atoms with E-state index in [2.05, 4.69) is 4.98 Å². The second-order valence-corrected chi connectivity index (χ2v) is 5.23. The first-order chi connectivity index (χ1) is 9.79. The van der Waals surface area contributed by atoms with Crippen LogP contribution in [-0.2, 0) is 0 Å². The van der Waals surface area contributed by atoms with Crippen molar-refractivity contribution in [2.24, 2.45) is 0 Å². The maximum absolute atomic E-state index is 12.6. The number of ketones is 1. The van der Waals surface area contributed by atoms with Gasteiger partial charge in [0.1, 0.15) is 5.03 Å². The number of nitrogens with zero attached hydrogens (tertiary/aromatic N) is 1. The van der Waals surface area contributed by atoms with Crippen molar-refractivity contribution in [3.05, 3.63) is 71.8 Å². The number of pyridine rings is 1. The van der Waals surface area contributed by atoms with Crippen LogP contribution in [0.3, 0.4) is 0 Å². The molecule has 0 saturated heterocycles. The van der Waals surface area contributed by atoms with Crippen molar-refractivity contribution >= 4 is 28.4 Å². The molecule has 0 aliphatic rings. The van der Waals surface area contributed by atoms with Crippen LogP contribution in [0.5, 0.6) is 0 Å².